The molecular weight excluding hydrogens is 392 g/mol. The lowest BCUT2D eigenvalue weighted by Gasteiger charge is -2.36. The lowest BCUT2D eigenvalue weighted by Crippen LogP contribution is -2.45. The van der Waals surface area contributed by atoms with Gasteiger partial charge in [0, 0.05) is 30.7 Å². The summed E-state index contributed by atoms with van der Waals surface area (Å²) in [5, 5.41) is 3.45. The van der Waals surface area contributed by atoms with E-state index in [2.05, 4.69) is 62.5 Å². The van der Waals surface area contributed by atoms with Crippen LogP contribution >= 0.6 is 15.9 Å². The van der Waals surface area contributed by atoms with E-state index in [-0.39, 0.29) is 6.04 Å². The van der Waals surface area contributed by atoms with Gasteiger partial charge >= 0.3 is 0 Å². The Morgan fingerprint density at radius 2 is 1.69 bits per heavy atom. The van der Waals surface area contributed by atoms with Crippen molar-refractivity contribution in [2.45, 2.75) is 19.9 Å². The van der Waals surface area contributed by atoms with Crippen LogP contribution in [-0.2, 0) is 0 Å². The molecule has 4 nitrogen and oxygen atoms in total. The number of hydrogen-bond acceptors (Lipinski definition) is 4. The number of hydrogen-bond donors (Lipinski definition) is 1. The van der Waals surface area contributed by atoms with Crippen molar-refractivity contribution in [1.82, 2.24) is 10.2 Å². The largest absolute Gasteiger partial charge is 0.490 e. The van der Waals surface area contributed by atoms with Crippen LogP contribution in [0.2, 0.25) is 0 Å². The quantitative estimate of drug-likeness (QED) is 0.728. The van der Waals surface area contributed by atoms with E-state index < -0.39 is 0 Å². The molecule has 1 N–H and O–H groups in total. The summed E-state index contributed by atoms with van der Waals surface area (Å²) in [6.07, 6.45) is 0. The van der Waals surface area contributed by atoms with Gasteiger partial charge in [0.25, 0.3) is 0 Å². The highest BCUT2D eigenvalue weighted by Crippen LogP contribution is 2.38. The Kier molecular flexibility index (Phi) is 6.94. The highest BCUT2D eigenvalue weighted by molar-refractivity contribution is 9.10. The molecule has 26 heavy (non-hydrogen) atoms. The van der Waals surface area contributed by atoms with Crippen LogP contribution in [0, 0.1) is 0 Å². The van der Waals surface area contributed by atoms with E-state index in [1.54, 1.807) is 0 Å². The lowest BCUT2D eigenvalue weighted by molar-refractivity contribution is 0.197. The number of ether oxygens (including phenoxy) is 2. The molecule has 1 heterocycles. The van der Waals surface area contributed by atoms with Gasteiger partial charge in [-0.15, -0.1) is 0 Å². The number of nitrogens with zero attached hydrogens (tertiary/aromatic N) is 1. The highest BCUT2D eigenvalue weighted by Gasteiger charge is 2.26. The Labute approximate surface area is 164 Å². The molecule has 1 saturated heterocycles. The molecule has 3 rings (SSSR count). The Morgan fingerprint density at radius 1 is 1.00 bits per heavy atom. The minimum absolute atomic E-state index is 0.183. The molecule has 140 valence electrons. The molecule has 0 aliphatic carbocycles. The molecule has 0 aromatic heterocycles. The number of benzene rings is 2. The number of halogens is 1. The molecule has 0 amide bonds. The predicted octanol–water partition coefficient (Wildman–Crippen LogP) is 4.24. The maximum absolute atomic E-state index is 5.87. The molecule has 2 aromatic rings. The van der Waals surface area contributed by atoms with E-state index >= 15 is 0 Å². The molecule has 1 aliphatic heterocycles. The minimum Gasteiger partial charge on any atom is -0.490 e. The summed E-state index contributed by atoms with van der Waals surface area (Å²) in [7, 11) is 0. The van der Waals surface area contributed by atoms with Gasteiger partial charge in [0.15, 0.2) is 11.5 Å². The van der Waals surface area contributed by atoms with Crippen LogP contribution in [0.5, 0.6) is 11.5 Å². The molecule has 1 aliphatic rings. The van der Waals surface area contributed by atoms with Gasteiger partial charge in [0.2, 0.25) is 0 Å². The first kappa shape index (κ1) is 19.2. The van der Waals surface area contributed by atoms with E-state index in [1.807, 2.05) is 19.9 Å². The van der Waals surface area contributed by atoms with Gasteiger partial charge in [-0.1, -0.05) is 40.2 Å². The van der Waals surface area contributed by atoms with Crippen LogP contribution in [0.25, 0.3) is 0 Å². The number of rotatable bonds is 7. The normalized spacial score (nSPS) is 16.3. The van der Waals surface area contributed by atoms with Crippen LogP contribution in [0.1, 0.15) is 31.0 Å². The summed E-state index contributed by atoms with van der Waals surface area (Å²) in [5.74, 6) is 1.63. The van der Waals surface area contributed by atoms with Crippen molar-refractivity contribution in [1.29, 1.82) is 0 Å². The maximum atomic E-state index is 5.87. The minimum atomic E-state index is 0.183. The molecule has 1 unspecified atom stereocenters. The van der Waals surface area contributed by atoms with Gasteiger partial charge in [0.05, 0.1) is 19.3 Å². The summed E-state index contributed by atoms with van der Waals surface area (Å²) >= 11 is 3.75. The van der Waals surface area contributed by atoms with Crippen LogP contribution in [0.4, 0.5) is 0 Å². The van der Waals surface area contributed by atoms with Crippen molar-refractivity contribution in [2.75, 3.05) is 39.4 Å². The maximum Gasteiger partial charge on any atom is 0.161 e. The molecule has 1 atom stereocenters. The van der Waals surface area contributed by atoms with Crippen LogP contribution in [0.3, 0.4) is 0 Å². The summed E-state index contributed by atoms with van der Waals surface area (Å²) in [6.45, 7) is 9.30. The Hall–Kier alpha value is -1.56. The molecule has 0 spiro atoms. The zero-order valence-corrected chi connectivity index (χ0v) is 17.1. The fraction of sp³-hybridized carbons (Fsp3) is 0.429. The van der Waals surface area contributed by atoms with Gasteiger partial charge in [-0.05, 0) is 43.2 Å². The third kappa shape index (κ3) is 4.40. The zero-order chi connectivity index (χ0) is 18.4. The standard InChI is InChI=1S/C21H27BrN2O2/c1-3-25-19-10-9-16(15-20(19)26-4-2)21(24-13-11-23-12-14-24)17-7-5-6-8-18(17)22/h5-10,15,21,23H,3-4,11-14H2,1-2H3. The van der Waals surface area contributed by atoms with Crippen molar-refractivity contribution in [2.24, 2.45) is 0 Å². The molecule has 0 bridgehead atoms. The van der Waals surface area contributed by atoms with Crippen LogP contribution in [0.15, 0.2) is 46.9 Å². The van der Waals surface area contributed by atoms with Gasteiger partial charge in [-0.2, -0.15) is 0 Å². The molecule has 2 aromatic carbocycles. The van der Waals surface area contributed by atoms with Crippen molar-refractivity contribution >= 4 is 15.9 Å². The molecule has 0 radical (unpaired) electrons. The second-order valence-corrected chi connectivity index (χ2v) is 7.14. The summed E-state index contributed by atoms with van der Waals surface area (Å²) in [4.78, 5) is 2.53. The van der Waals surface area contributed by atoms with E-state index in [4.69, 9.17) is 9.47 Å². The van der Waals surface area contributed by atoms with E-state index in [0.717, 1.165) is 42.2 Å². The van der Waals surface area contributed by atoms with Crippen molar-refractivity contribution < 1.29 is 9.47 Å². The molecule has 0 saturated carbocycles. The first-order valence-electron chi connectivity index (χ1n) is 9.33. The smallest absolute Gasteiger partial charge is 0.161 e. The first-order chi connectivity index (χ1) is 12.7. The Bertz CT molecular complexity index is 717. The Balaban J connectivity index is 2.03. The SMILES string of the molecule is CCOc1ccc(C(c2ccccc2Br)N2CCNCC2)cc1OCC. The first-order valence-corrected chi connectivity index (χ1v) is 10.1. The second-order valence-electron chi connectivity index (χ2n) is 6.28. The second kappa shape index (κ2) is 9.40. The Morgan fingerprint density at radius 3 is 2.38 bits per heavy atom. The average Bonchev–Trinajstić information content (AvgIpc) is 2.67. The average molecular weight is 419 g/mol. The van der Waals surface area contributed by atoms with E-state index in [1.165, 1.54) is 11.1 Å². The predicted molar refractivity (Wildman–Crippen MR) is 109 cm³/mol. The zero-order valence-electron chi connectivity index (χ0n) is 15.5. The monoisotopic (exact) mass is 418 g/mol. The third-order valence-corrected chi connectivity index (χ3v) is 5.32. The van der Waals surface area contributed by atoms with Gasteiger partial charge < -0.3 is 14.8 Å². The van der Waals surface area contributed by atoms with Gasteiger partial charge in [0.1, 0.15) is 0 Å². The summed E-state index contributed by atoms with van der Waals surface area (Å²) < 4.78 is 12.7. The van der Waals surface area contributed by atoms with Crippen LogP contribution < -0.4 is 14.8 Å². The van der Waals surface area contributed by atoms with Crippen molar-refractivity contribution in [3.8, 4) is 11.5 Å². The number of piperazine rings is 1. The lowest BCUT2D eigenvalue weighted by atomic mass is 9.96. The fourth-order valence-corrected chi connectivity index (χ4v) is 3.96. The van der Waals surface area contributed by atoms with Gasteiger partial charge in [-0.25, -0.2) is 0 Å². The van der Waals surface area contributed by atoms with Gasteiger partial charge in [-0.3, -0.25) is 4.90 Å². The van der Waals surface area contributed by atoms with E-state index in [9.17, 15) is 0 Å². The summed E-state index contributed by atoms with van der Waals surface area (Å²) in [5.41, 5.74) is 2.51. The molecule has 5 heteroatoms. The van der Waals surface area contributed by atoms with Crippen molar-refractivity contribution in [3.05, 3.63) is 58.1 Å². The third-order valence-electron chi connectivity index (χ3n) is 4.60. The summed E-state index contributed by atoms with van der Waals surface area (Å²) in [6, 6.07) is 15.0. The topological polar surface area (TPSA) is 33.7 Å². The van der Waals surface area contributed by atoms with E-state index in [0.29, 0.717) is 13.2 Å². The molecular formula is C21H27BrN2O2. The molecule has 1 fully saturated rings. The fourth-order valence-electron chi connectivity index (χ4n) is 3.46. The highest BCUT2D eigenvalue weighted by atomic mass is 79.9. The van der Waals surface area contributed by atoms with Crippen molar-refractivity contribution in [3.63, 3.8) is 0 Å². The number of nitrogens with one attached hydrogen (secondary N) is 1. The van der Waals surface area contributed by atoms with Crippen LogP contribution in [-0.4, -0.2) is 44.3 Å².